The fourth-order valence-electron chi connectivity index (χ4n) is 6.66. The van der Waals surface area contributed by atoms with Crippen LogP contribution in [0.15, 0.2) is 41.8 Å². The quantitative estimate of drug-likeness (QED) is 0.386. The second-order valence-electron chi connectivity index (χ2n) is 11.5. The molecule has 1 aromatic heterocycles. The Morgan fingerprint density at radius 1 is 1.10 bits per heavy atom. The maximum atomic E-state index is 12.9. The van der Waals surface area contributed by atoms with E-state index in [0.717, 1.165) is 85.8 Å². The molecule has 3 aromatic rings. The molecular formula is C32H34N4O4S. The topological polar surface area (TPSA) is 107 Å². The number of nitrogens with zero attached hydrogens (tertiary/aromatic N) is 4. The van der Waals surface area contributed by atoms with Crippen LogP contribution in [0, 0.1) is 36.0 Å². The number of nitriles is 1. The van der Waals surface area contributed by atoms with Gasteiger partial charge in [-0.3, -0.25) is 9.59 Å². The van der Waals surface area contributed by atoms with Crippen LogP contribution in [0.3, 0.4) is 0 Å². The third-order valence-corrected chi connectivity index (χ3v) is 9.70. The molecule has 1 saturated carbocycles. The first-order chi connectivity index (χ1) is 19.9. The minimum atomic E-state index is -0.665. The second-order valence-corrected chi connectivity index (χ2v) is 12.3. The largest absolute Gasteiger partial charge is 0.488 e. The number of hydrogen-bond acceptors (Lipinski definition) is 7. The van der Waals surface area contributed by atoms with Gasteiger partial charge >= 0.3 is 5.97 Å². The molecule has 41 heavy (non-hydrogen) atoms. The molecule has 2 bridgehead atoms. The van der Waals surface area contributed by atoms with Crippen LogP contribution in [0.2, 0.25) is 0 Å². The standard InChI is InChI=1S/C32H34N4O4S/c1-20-5-10-28(40-18-24-9-6-21(14-25(24)15-33)30(37)35-11-3-2-4-12-35)26(13-20)27-19-41-32(34-27)36-16-22-7-8-23(17-36)29(22)31(38)39/h5-6,9-10,13-14,19,22-23,29H,2-4,7-8,11-12,16-18H2,1H3,(H,38,39)/t22-,23-/m1/s1. The summed E-state index contributed by atoms with van der Waals surface area (Å²) in [5.41, 5.74) is 4.49. The van der Waals surface area contributed by atoms with Gasteiger partial charge < -0.3 is 19.6 Å². The Kier molecular flexibility index (Phi) is 7.67. The molecule has 0 spiro atoms. The molecule has 3 aliphatic rings. The molecule has 2 aromatic carbocycles. The lowest BCUT2D eigenvalue weighted by atomic mass is 9.85. The zero-order chi connectivity index (χ0) is 28.5. The van der Waals surface area contributed by atoms with E-state index in [4.69, 9.17) is 9.72 Å². The molecule has 3 heterocycles. The van der Waals surface area contributed by atoms with Gasteiger partial charge in [0.2, 0.25) is 0 Å². The van der Waals surface area contributed by atoms with Crippen LogP contribution in [-0.4, -0.2) is 53.0 Å². The number of aromatic nitrogens is 1. The molecule has 1 N–H and O–H groups in total. The van der Waals surface area contributed by atoms with Gasteiger partial charge in [0.25, 0.3) is 5.91 Å². The van der Waals surface area contributed by atoms with Crippen LogP contribution < -0.4 is 9.64 Å². The summed E-state index contributed by atoms with van der Waals surface area (Å²) >= 11 is 1.58. The number of fused-ring (bicyclic) bond motifs is 2. The van der Waals surface area contributed by atoms with Crippen molar-refractivity contribution in [3.63, 3.8) is 0 Å². The van der Waals surface area contributed by atoms with Crippen LogP contribution in [-0.2, 0) is 11.4 Å². The number of piperidine rings is 2. The number of ether oxygens (including phenoxy) is 1. The Labute approximate surface area is 244 Å². The van der Waals surface area contributed by atoms with Crippen molar-refractivity contribution in [1.82, 2.24) is 9.88 Å². The molecule has 9 heteroatoms. The van der Waals surface area contributed by atoms with Gasteiger partial charge in [-0.25, -0.2) is 4.98 Å². The highest BCUT2D eigenvalue weighted by Crippen LogP contribution is 2.44. The molecule has 1 aliphatic carbocycles. The fraction of sp³-hybridized carbons (Fsp3) is 0.438. The zero-order valence-electron chi connectivity index (χ0n) is 23.2. The van der Waals surface area contributed by atoms with E-state index in [2.05, 4.69) is 17.0 Å². The van der Waals surface area contributed by atoms with Crippen LogP contribution in [0.25, 0.3) is 11.3 Å². The highest BCUT2D eigenvalue weighted by molar-refractivity contribution is 7.14. The Morgan fingerprint density at radius 2 is 1.85 bits per heavy atom. The van der Waals surface area contributed by atoms with Crippen molar-refractivity contribution in [3.8, 4) is 23.1 Å². The SMILES string of the molecule is Cc1ccc(OCc2ccc(C(=O)N3CCCCC3)cc2C#N)c(-c2csc(N3C[C@H]4CC[C@H](C3)C4C(=O)O)n2)c1. The van der Waals surface area contributed by atoms with Gasteiger partial charge in [0, 0.05) is 48.2 Å². The smallest absolute Gasteiger partial charge is 0.307 e. The zero-order valence-corrected chi connectivity index (χ0v) is 24.0. The maximum Gasteiger partial charge on any atom is 0.307 e. The summed E-state index contributed by atoms with van der Waals surface area (Å²) < 4.78 is 6.27. The number of carboxylic acid groups (broad SMARTS) is 1. The summed E-state index contributed by atoms with van der Waals surface area (Å²) in [6.45, 7) is 5.21. The summed E-state index contributed by atoms with van der Waals surface area (Å²) in [6.07, 6.45) is 5.12. The number of carbonyl (C=O) groups excluding carboxylic acids is 1. The average molecular weight is 571 g/mol. The number of anilines is 1. The number of benzene rings is 2. The summed E-state index contributed by atoms with van der Waals surface area (Å²) in [4.78, 5) is 33.8. The van der Waals surface area contributed by atoms with Crippen molar-refractivity contribution in [2.75, 3.05) is 31.1 Å². The third-order valence-electron chi connectivity index (χ3n) is 8.80. The number of amides is 1. The molecule has 0 radical (unpaired) electrons. The number of carbonyl (C=O) groups is 2. The molecule has 0 unspecified atom stereocenters. The molecule has 2 atom stereocenters. The fourth-order valence-corrected chi connectivity index (χ4v) is 7.51. The lowest BCUT2D eigenvalue weighted by Crippen LogP contribution is -2.44. The van der Waals surface area contributed by atoms with Crippen molar-refractivity contribution >= 4 is 28.3 Å². The monoisotopic (exact) mass is 570 g/mol. The normalized spacial score (nSPS) is 21.9. The molecule has 3 fully saturated rings. The van der Waals surface area contributed by atoms with E-state index in [0.29, 0.717) is 16.9 Å². The van der Waals surface area contributed by atoms with Crippen LogP contribution >= 0.6 is 11.3 Å². The van der Waals surface area contributed by atoms with Gasteiger partial charge in [0.15, 0.2) is 5.13 Å². The number of likely N-dealkylation sites (tertiary alicyclic amines) is 1. The lowest BCUT2D eigenvalue weighted by molar-refractivity contribution is -0.144. The summed E-state index contributed by atoms with van der Waals surface area (Å²) in [5, 5.41) is 22.4. The van der Waals surface area contributed by atoms with E-state index >= 15 is 0 Å². The Balaban J connectivity index is 1.18. The van der Waals surface area contributed by atoms with Crippen molar-refractivity contribution in [2.24, 2.45) is 17.8 Å². The van der Waals surface area contributed by atoms with E-state index in [9.17, 15) is 20.0 Å². The molecule has 6 rings (SSSR count). The molecule has 8 nitrogen and oxygen atoms in total. The van der Waals surface area contributed by atoms with Crippen LogP contribution in [0.1, 0.15) is 59.2 Å². The Morgan fingerprint density at radius 3 is 2.56 bits per heavy atom. The molecular weight excluding hydrogens is 536 g/mol. The predicted molar refractivity (Wildman–Crippen MR) is 157 cm³/mol. The summed E-state index contributed by atoms with van der Waals surface area (Å²) in [5.74, 6) is 0.0992. The van der Waals surface area contributed by atoms with Crippen molar-refractivity contribution < 1.29 is 19.4 Å². The van der Waals surface area contributed by atoms with Crippen molar-refractivity contribution in [3.05, 3.63) is 64.0 Å². The summed E-state index contributed by atoms with van der Waals surface area (Å²) in [6, 6.07) is 13.5. The number of aryl methyl sites for hydroxylation is 1. The minimum absolute atomic E-state index is 0.0194. The highest BCUT2D eigenvalue weighted by Gasteiger charge is 2.46. The van der Waals surface area contributed by atoms with Crippen molar-refractivity contribution in [1.29, 1.82) is 5.26 Å². The van der Waals surface area contributed by atoms with E-state index in [-0.39, 0.29) is 30.3 Å². The van der Waals surface area contributed by atoms with E-state index < -0.39 is 5.97 Å². The molecule has 1 amide bonds. The Bertz CT molecular complexity index is 1490. The van der Waals surface area contributed by atoms with Gasteiger partial charge in [-0.15, -0.1) is 11.3 Å². The molecule has 212 valence electrons. The third kappa shape index (κ3) is 5.53. The number of aliphatic carboxylic acids is 1. The summed E-state index contributed by atoms with van der Waals surface area (Å²) in [7, 11) is 0. The van der Waals surface area contributed by atoms with E-state index in [1.54, 1.807) is 23.5 Å². The lowest BCUT2D eigenvalue weighted by Gasteiger charge is -2.35. The number of rotatable bonds is 7. The maximum absolute atomic E-state index is 12.9. The van der Waals surface area contributed by atoms with Gasteiger partial charge in [0.05, 0.1) is 23.2 Å². The second kappa shape index (κ2) is 11.5. The van der Waals surface area contributed by atoms with Gasteiger partial charge in [-0.2, -0.15) is 5.26 Å². The number of carboxylic acids is 1. The van der Waals surface area contributed by atoms with E-state index in [1.807, 2.05) is 35.4 Å². The van der Waals surface area contributed by atoms with E-state index in [1.165, 1.54) is 0 Å². The average Bonchev–Trinajstić information content (AvgIpc) is 3.59. The Hall–Kier alpha value is -3.90. The van der Waals surface area contributed by atoms with Gasteiger partial charge in [0.1, 0.15) is 12.4 Å². The van der Waals surface area contributed by atoms with Gasteiger partial charge in [-0.05, 0) is 75.1 Å². The molecule has 2 saturated heterocycles. The van der Waals surface area contributed by atoms with Crippen LogP contribution in [0.5, 0.6) is 5.75 Å². The first-order valence-corrected chi connectivity index (χ1v) is 15.3. The highest BCUT2D eigenvalue weighted by atomic mass is 32.1. The van der Waals surface area contributed by atoms with Gasteiger partial charge in [-0.1, -0.05) is 17.7 Å². The number of thiazole rings is 1. The van der Waals surface area contributed by atoms with Crippen LogP contribution in [0.4, 0.5) is 5.13 Å². The predicted octanol–water partition coefficient (Wildman–Crippen LogP) is 5.74. The van der Waals surface area contributed by atoms with Crippen molar-refractivity contribution in [2.45, 2.75) is 45.6 Å². The molecule has 2 aliphatic heterocycles. The first kappa shape index (κ1) is 27.3. The minimum Gasteiger partial charge on any atom is -0.488 e. The first-order valence-electron chi connectivity index (χ1n) is 14.4. The number of hydrogen-bond donors (Lipinski definition) is 1.